The van der Waals surface area contributed by atoms with Gasteiger partial charge >= 0.3 is 0 Å². The molecule has 0 atom stereocenters. The summed E-state index contributed by atoms with van der Waals surface area (Å²) >= 11 is 0. The van der Waals surface area contributed by atoms with Crippen molar-refractivity contribution in [3.05, 3.63) is 88.2 Å². The van der Waals surface area contributed by atoms with E-state index in [-0.39, 0.29) is 5.56 Å². The number of hydrogen-bond acceptors (Lipinski definition) is 4. The van der Waals surface area contributed by atoms with Gasteiger partial charge in [0.25, 0.3) is 5.56 Å². The smallest absolute Gasteiger partial charge is 0.261 e. The molecule has 0 radical (unpaired) electrons. The van der Waals surface area contributed by atoms with E-state index in [1.807, 2.05) is 65.2 Å². The van der Waals surface area contributed by atoms with Crippen LogP contribution in [0, 0.1) is 13.8 Å². The standard InChI is InChI=1S/C29H32N2O3/c1-21-11-10-14-27(22(21)2)34-20-9-5-4-8-19-31-28(23-15-17-24(33-3)18-16-23)30-26-13-7-6-12-25(26)29(31)32/h6-7,10-18H,4-5,8-9,19-20H2,1-3H3. The van der Waals surface area contributed by atoms with E-state index in [0.717, 1.165) is 48.3 Å². The van der Waals surface area contributed by atoms with E-state index >= 15 is 0 Å². The Hall–Kier alpha value is -3.60. The first-order valence-corrected chi connectivity index (χ1v) is 11.9. The molecule has 0 aliphatic heterocycles. The van der Waals surface area contributed by atoms with E-state index in [1.54, 1.807) is 7.11 Å². The highest BCUT2D eigenvalue weighted by Gasteiger charge is 2.13. The van der Waals surface area contributed by atoms with Crippen LogP contribution in [0.15, 0.2) is 71.5 Å². The molecule has 4 rings (SSSR count). The maximum atomic E-state index is 13.3. The third kappa shape index (κ3) is 5.30. The first-order chi connectivity index (χ1) is 16.6. The van der Waals surface area contributed by atoms with Crippen LogP contribution < -0.4 is 15.0 Å². The van der Waals surface area contributed by atoms with Crippen LogP contribution in [0.25, 0.3) is 22.3 Å². The second-order valence-electron chi connectivity index (χ2n) is 8.60. The molecule has 0 bridgehead atoms. The Morgan fingerprint density at radius 2 is 1.62 bits per heavy atom. The highest BCUT2D eigenvalue weighted by Crippen LogP contribution is 2.23. The summed E-state index contributed by atoms with van der Waals surface area (Å²) in [5, 5.41) is 0.654. The second-order valence-corrected chi connectivity index (χ2v) is 8.60. The number of rotatable bonds is 10. The maximum absolute atomic E-state index is 13.3. The van der Waals surface area contributed by atoms with E-state index in [4.69, 9.17) is 14.5 Å². The number of ether oxygens (including phenoxy) is 2. The van der Waals surface area contributed by atoms with Gasteiger partial charge in [0.05, 0.1) is 24.6 Å². The van der Waals surface area contributed by atoms with Crippen LogP contribution in [0.1, 0.15) is 36.8 Å². The van der Waals surface area contributed by atoms with Crippen molar-refractivity contribution in [3.63, 3.8) is 0 Å². The van der Waals surface area contributed by atoms with Gasteiger partial charge in [-0.2, -0.15) is 0 Å². The Balaban J connectivity index is 1.41. The van der Waals surface area contributed by atoms with Gasteiger partial charge in [-0.15, -0.1) is 0 Å². The summed E-state index contributed by atoms with van der Waals surface area (Å²) in [6.07, 6.45) is 3.98. The lowest BCUT2D eigenvalue weighted by Crippen LogP contribution is -2.23. The Kier molecular flexibility index (Phi) is 7.63. The normalized spacial score (nSPS) is 11.0. The molecular weight excluding hydrogens is 424 g/mol. The molecule has 1 heterocycles. The van der Waals surface area contributed by atoms with Gasteiger partial charge in [-0.1, -0.05) is 37.1 Å². The van der Waals surface area contributed by atoms with Crippen molar-refractivity contribution in [1.82, 2.24) is 9.55 Å². The third-order valence-electron chi connectivity index (χ3n) is 6.30. The minimum absolute atomic E-state index is 0.00896. The molecule has 4 aromatic rings. The Morgan fingerprint density at radius 3 is 2.41 bits per heavy atom. The molecule has 5 nitrogen and oxygen atoms in total. The fourth-order valence-electron chi connectivity index (χ4n) is 4.12. The van der Waals surface area contributed by atoms with Gasteiger partial charge in [0, 0.05) is 12.1 Å². The fourth-order valence-corrected chi connectivity index (χ4v) is 4.12. The van der Waals surface area contributed by atoms with Crippen LogP contribution in [-0.2, 0) is 6.54 Å². The average Bonchev–Trinajstić information content (AvgIpc) is 2.87. The number of nitrogens with zero attached hydrogens (tertiary/aromatic N) is 2. The molecule has 0 spiro atoms. The van der Waals surface area contributed by atoms with Gasteiger partial charge in [-0.25, -0.2) is 4.98 Å². The highest BCUT2D eigenvalue weighted by atomic mass is 16.5. The molecule has 0 saturated carbocycles. The van der Waals surface area contributed by atoms with Crippen LogP contribution in [0.5, 0.6) is 11.5 Å². The quantitative estimate of drug-likeness (QED) is 0.262. The third-order valence-corrected chi connectivity index (χ3v) is 6.30. The summed E-state index contributed by atoms with van der Waals surface area (Å²) in [5.74, 6) is 2.45. The summed E-state index contributed by atoms with van der Waals surface area (Å²) in [6.45, 7) is 5.54. The first-order valence-electron chi connectivity index (χ1n) is 11.9. The molecule has 0 N–H and O–H groups in total. The number of methoxy groups -OCH3 is 1. The van der Waals surface area contributed by atoms with Crippen LogP contribution >= 0.6 is 0 Å². The lowest BCUT2D eigenvalue weighted by molar-refractivity contribution is 0.302. The molecule has 34 heavy (non-hydrogen) atoms. The summed E-state index contributed by atoms with van der Waals surface area (Å²) in [6, 6.07) is 21.4. The number of aryl methyl sites for hydroxylation is 1. The minimum atomic E-state index is 0.00896. The molecule has 0 aliphatic rings. The largest absolute Gasteiger partial charge is 0.497 e. The van der Waals surface area contributed by atoms with Crippen LogP contribution in [0.2, 0.25) is 0 Å². The molecule has 0 fully saturated rings. The second kappa shape index (κ2) is 11.0. The van der Waals surface area contributed by atoms with Crippen molar-refractivity contribution in [3.8, 4) is 22.9 Å². The van der Waals surface area contributed by atoms with Crippen LogP contribution in [0.3, 0.4) is 0 Å². The van der Waals surface area contributed by atoms with Crippen LogP contribution in [0.4, 0.5) is 0 Å². The van der Waals surface area contributed by atoms with Gasteiger partial charge in [0.15, 0.2) is 0 Å². The van der Waals surface area contributed by atoms with Gasteiger partial charge in [-0.3, -0.25) is 9.36 Å². The molecule has 1 aromatic heterocycles. The van der Waals surface area contributed by atoms with Gasteiger partial charge in [-0.05, 0) is 80.3 Å². The molecule has 176 valence electrons. The van der Waals surface area contributed by atoms with E-state index in [9.17, 15) is 4.79 Å². The zero-order chi connectivity index (χ0) is 23.9. The van der Waals surface area contributed by atoms with Gasteiger partial charge in [0.1, 0.15) is 17.3 Å². The predicted octanol–water partition coefficient (Wildman–Crippen LogP) is 6.33. The van der Waals surface area contributed by atoms with E-state index in [2.05, 4.69) is 19.9 Å². The summed E-state index contributed by atoms with van der Waals surface area (Å²) < 4.78 is 13.1. The number of fused-ring (bicyclic) bond motifs is 1. The SMILES string of the molecule is COc1ccc(-c2nc3ccccc3c(=O)n2CCCCCCOc2cccc(C)c2C)cc1. The number of benzene rings is 3. The number of aromatic nitrogens is 2. The summed E-state index contributed by atoms with van der Waals surface area (Å²) in [5.41, 5.74) is 4.09. The van der Waals surface area contributed by atoms with Gasteiger partial charge in [0.2, 0.25) is 0 Å². The summed E-state index contributed by atoms with van der Waals surface area (Å²) in [7, 11) is 1.65. The lowest BCUT2D eigenvalue weighted by Gasteiger charge is -2.14. The molecule has 0 saturated heterocycles. The molecule has 5 heteroatoms. The monoisotopic (exact) mass is 456 g/mol. The topological polar surface area (TPSA) is 53.3 Å². The average molecular weight is 457 g/mol. The van der Waals surface area contributed by atoms with E-state index in [0.29, 0.717) is 24.4 Å². The number of unbranched alkanes of at least 4 members (excludes halogenated alkanes) is 3. The summed E-state index contributed by atoms with van der Waals surface area (Å²) in [4.78, 5) is 18.1. The highest BCUT2D eigenvalue weighted by molar-refractivity contribution is 5.79. The minimum Gasteiger partial charge on any atom is -0.497 e. The van der Waals surface area contributed by atoms with Crippen molar-refractivity contribution in [2.75, 3.05) is 13.7 Å². The van der Waals surface area contributed by atoms with Crippen molar-refractivity contribution in [2.24, 2.45) is 0 Å². The van der Waals surface area contributed by atoms with Crippen molar-refractivity contribution >= 4 is 10.9 Å². The zero-order valence-corrected chi connectivity index (χ0v) is 20.2. The zero-order valence-electron chi connectivity index (χ0n) is 20.2. The number of hydrogen-bond donors (Lipinski definition) is 0. The molecule has 3 aromatic carbocycles. The van der Waals surface area contributed by atoms with E-state index < -0.39 is 0 Å². The van der Waals surface area contributed by atoms with Gasteiger partial charge < -0.3 is 9.47 Å². The Labute approximate surface area is 201 Å². The van der Waals surface area contributed by atoms with Crippen molar-refractivity contribution in [2.45, 2.75) is 46.1 Å². The van der Waals surface area contributed by atoms with Crippen molar-refractivity contribution in [1.29, 1.82) is 0 Å². The maximum Gasteiger partial charge on any atom is 0.261 e. The molecule has 0 amide bonds. The fraction of sp³-hybridized carbons (Fsp3) is 0.310. The molecule has 0 unspecified atom stereocenters. The van der Waals surface area contributed by atoms with E-state index in [1.165, 1.54) is 11.1 Å². The van der Waals surface area contributed by atoms with Crippen LogP contribution in [-0.4, -0.2) is 23.3 Å². The Morgan fingerprint density at radius 1 is 0.853 bits per heavy atom. The Bertz CT molecular complexity index is 1310. The lowest BCUT2D eigenvalue weighted by atomic mass is 10.1. The number of para-hydroxylation sites is 1. The first kappa shape index (κ1) is 23.6. The molecule has 0 aliphatic carbocycles. The molecular formula is C29H32N2O3. The predicted molar refractivity (Wildman–Crippen MR) is 138 cm³/mol. The van der Waals surface area contributed by atoms with Crippen molar-refractivity contribution < 1.29 is 9.47 Å².